The molecule has 0 aromatic carbocycles. The zero-order chi connectivity index (χ0) is 12.3. The zero-order valence-corrected chi connectivity index (χ0v) is 10.0. The van der Waals surface area contributed by atoms with Crippen LogP contribution >= 0.6 is 11.6 Å². The smallest absolute Gasteiger partial charge is 0.253 e. The molecule has 0 bridgehead atoms. The van der Waals surface area contributed by atoms with Crippen LogP contribution in [0.5, 0.6) is 0 Å². The second-order valence-corrected chi connectivity index (χ2v) is 4.44. The second-order valence-electron chi connectivity index (χ2n) is 4.03. The molecule has 6 heteroatoms. The molecule has 2 rings (SSSR count). The number of halogens is 1. The van der Waals surface area contributed by atoms with Gasteiger partial charge in [-0.05, 0) is 12.5 Å². The van der Waals surface area contributed by atoms with Gasteiger partial charge in [-0.25, -0.2) is 4.98 Å². The van der Waals surface area contributed by atoms with Crippen LogP contribution in [0.2, 0.25) is 5.02 Å². The third-order valence-corrected chi connectivity index (χ3v) is 3.00. The maximum atomic E-state index is 11.9. The number of rotatable bonds is 3. The summed E-state index contributed by atoms with van der Waals surface area (Å²) < 4.78 is 5.23. The minimum absolute atomic E-state index is 0.226. The van der Waals surface area contributed by atoms with E-state index < -0.39 is 0 Å². The topological polar surface area (TPSA) is 77.2 Å². The Morgan fingerprint density at radius 1 is 1.71 bits per heavy atom. The van der Waals surface area contributed by atoms with Crippen molar-refractivity contribution in [2.75, 3.05) is 25.5 Å². The number of nitrogens with two attached hydrogens (primary N) is 1. The van der Waals surface area contributed by atoms with Gasteiger partial charge in [0.2, 0.25) is 0 Å². The number of nitrogen functional groups attached to an aromatic ring is 1. The first kappa shape index (κ1) is 12.1. The zero-order valence-electron chi connectivity index (χ0n) is 9.28. The highest BCUT2D eigenvalue weighted by atomic mass is 35.5. The van der Waals surface area contributed by atoms with Gasteiger partial charge in [0.15, 0.2) is 0 Å². The number of hydrogen-bond acceptors (Lipinski definition) is 4. The Balaban J connectivity index is 1.96. The highest BCUT2D eigenvalue weighted by Gasteiger charge is 2.18. The number of carbonyl (C=O) groups is 1. The van der Waals surface area contributed by atoms with E-state index in [1.165, 1.54) is 12.3 Å². The van der Waals surface area contributed by atoms with E-state index in [9.17, 15) is 4.79 Å². The molecule has 0 aliphatic carbocycles. The molecule has 1 amide bonds. The van der Waals surface area contributed by atoms with Crippen molar-refractivity contribution in [2.45, 2.75) is 6.42 Å². The van der Waals surface area contributed by atoms with E-state index in [4.69, 9.17) is 22.1 Å². The van der Waals surface area contributed by atoms with Crippen molar-refractivity contribution < 1.29 is 9.53 Å². The number of ether oxygens (including phenoxy) is 1. The van der Waals surface area contributed by atoms with Gasteiger partial charge in [-0.2, -0.15) is 0 Å². The Morgan fingerprint density at radius 2 is 2.53 bits per heavy atom. The van der Waals surface area contributed by atoms with Crippen LogP contribution in [-0.4, -0.2) is 30.6 Å². The van der Waals surface area contributed by atoms with E-state index in [1.54, 1.807) is 0 Å². The fourth-order valence-corrected chi connectivity index (χ4v) is 1.89. The first-order valence-corrected chi connectivity index (χ1v) is 5.81. The summed E-state index contributed by atoms with van der Waals surface area (Å²) in [6.45, 7) is 2.06. The van der Waals surface area contributed by atoms with E-state index in [2.05, 4.69) is 10.3 Å². The van der Waals surface area contributed by atoms with Crippen LogP contribution in [0, 0.1) is 5.92 Å². The predicted octanol–water partition coefficient (Wildman–Crippen LogP) is 1.08. The highest BCUT2D eigenvalue weighted by Crippen LogP contribution is 2.17. The van der Waals surface area contributed by atoms with E-state index >= 15 is 0 Å². The first-order chi connectivity index (χ1) is 8.16. The lowest BCUT2D eigenvalue weighted by Gasteiger charge is -2.10. The second kappa shape index (κ2) is 5.33. The lowest BCUT2D eigenvalue weighted by molar-refractivity contribution is 0.0945. The van der Waals surface area contributed by atoms with Gasteiger partial charge in [0.25, 0.3) is 5.91 Å². The number of amides is 1. The summed E-state index contributed by atoms with van der Waals surface area (Å²) >= 11 is 5.88. The van der Waals surface area contributed by atoms with Crippen LogP contribution in [0.1, 0.15) is 16.8 Å². The van der Waals surface area contributed by atoms with Gasteiger partial charge in [-0.15, -0.1) is 0 Å². The third-order valence-electron chi connectivity index (χ3n) is 2.70. The quantitative estimate of drug-likeness (QED) is 0.847. The standard InChI is InChI=1S/C11H14ClN3O2/c12-9-5-14-10(13)3-8(9)11(16)15-4-7-1-2-17-6-7/h3,5,7H,1-2,4,6H2,(H2,13,14)(H,15,16). The van der Waals surface area contributed by atoms with Crippen molar-refractivity contribution in [3.63, 3.8) is 0 Å². The van der Waals surface area contributed by atoms with E-state index in [-0.39, 0.29) is 11.7 Å². The van der Waals surface area contributed by atoms with Gasteiger partial charge >= 0.3 is 0 Å². The molecule has 3 N–H and O–H groups in total. The van der Waals surface area contributed by atoms with E-state index in [1.807, 2.05) is 0 Å². The number of hydrogen-bond donors (Lipinski definition) is 2. The van der Waals surface area contributed by atoms with Crippen molar-refractivity contribution in [3.05, 3.63) is 22.8 Å². The van der Waals surface area contributed by atoms with Crippen molar-refractivity contribution in [2.24, 2.45) is 5.92 Å². The van der Waals surface area contributed by atoms with Crippen LogP contribution in [0.15, 0.2) is 12.3 Å². The average Bonchev–Trinajstić information content (AvgIpc) is 2.82. The Hall–Kier alpha value is -1.33. The van der Waals surface area contributed by atoms with Crippen molar-refractivity contribution in [1.29, 1.82) is 0 Å². The van der Waals surface area contributed by atoms with E-state index in [0.717, 1.165) is 13.0 Å². The highest BCUT2D eigenvalue weighted by molar-refractivity contribution is 6.33. The number of nitrogens with one attached hydrogen (secondary N) is 1. The van der Waals surface area contributed by atoms with Crippen LogP contribution in [-0.2, 0) is 4.74 Å². The summed E-state index contributed by atoms with van der Waals surface area (Å²) in [6.07, 6.45) is 2.36. The molecule has 1 aromatic rings. The average molecular weight is 256 g/mol. The van der Waals surface area contributed by atoms with Crippen LogP contribution in [0.4, 0.5) is 5.82 Å². The largest absolute Gasteiger partial charge is 0.384 e. The molecule has 92 valence electrons. The maximum absolute atomic E-state index is 11.9. The van der Waals surface area contributed by atoms with Gasteiger partial charge in [0, 0.05) is 25.3 Å². The minimum atomic E-state index is -0.226. The fraction of sp³-hybridized carbons (Fsp3) is 0.455. The number of pyridine rings is 1. The molecule has 2 heterocycles. The van der Waals surface area contributed by atoms with Gasteiger partial charge in [-0.1, -0.05) is 11.6 Å². The Bertz CT molecular complexity index is 419. The molecule has 17 heavy (non-hydrogen) atoms. The molecule has 0 saturated carbocycles. The van der Waals surface area contributed by atoms with E-state index in [0.29, 0.717) is 29.7 Å². The van der Waals surface area contributed by atoms with Crippen molar-refractivity contribution in [1.82, 2.24) is 10.3 Å². The molecule has 1 atom stereocenters. The molecular weight excluding hydrogens is 242 g/mol. The molecule has 5 nitrogen and oxygen atoms in total. The third kappa shape index (κ3) is 3.08. The lowest BCUT2D eigenvalue weighted by Crippen LogP contribution is -2.29. The lowest BCUT2D eigenvalue weighted by atomic mass is 10.1. The van der Waals surface area contributed by atoms with Crippen molar-refractivity contribution in [3.8, 4) is 0 Å². The Labute approximate surface area is 104 Å². The van der Waals surface area contributed by atoms with Gasteiger partial charge in [-0.3, -0.25) is 4.79 Å². The summed E-state index contributed by atoms with van der Waals surface area (Å²) in [5.74, 6) is 0.441. The number of aromatic nitrogens is 1. The molecule has 1 unspecified atom stereocenters. The monoisotopic (exact) mass is 255 g/mol. The molecule has 0 spiro atoms. The molecule has 1 aromatic heterocycles. The maximum Gasteiger partial charge on any atom is 0.253 e. The van der Waals surface area contributed by atoms with Gasteiger partial charge in [0.1, 0.15) is 5.82 Å². The van der Waals surface area contributed by atoms with Crippen LogP contribution < -0.4 is 11.1 Å². The number of nitrogens with zero attached hydrogens (tertiary/aromatic N) is 1. The first-order valence-electron chi connectivity index (χ1n) is 5.44. The summed E-state index contributed by atoms with van der Waals surface area (Å²) in [6, 6.07) is 1.48. The number of anilines is 1. The molecule has 1 fully saturated rings. The fourth-order valence-electron chi connectivity index (χ4n) is 1.71. The molecule has 1 aliphatic rings. The van der Waals surface area contributed by atoms with Crippen LogP contribution in [0.3, 0.4) is 0 Å². The molecule has 1 saturated heterocycles. The Morgan fingerprint density at radius 3 is 3.24 bits per heavy atom. The molecule has 1 aliphatic heterocycles. The van der Waals surface area contributed by atoms with Gasteiger partial charge in [0.05, 0.1) is 17.2 Å². The Kier molecular flexibility index (Phi) is 3.81. The summed E-state index contributed by atoms with van der Waals surface area (Å²) in [5.41, 5.74) is 5.87. The minimum Gasteiger partial charge on any atom is -0.384 e. The predicted molar refractivity (Wildman–Crippen MR) is 64.9 cm³/mol. The number of carbonyl (C=O) groups excluding carboxylic acids is 1. The van der Waals surface area contributed by atoms with Crippen LogP contribution in [0.25, 0.3) is 0 Å². The van der Waals surface area contributed by atoms with Gasteiger partial charge < -0.3 is 15.8 Å². The summed E-state index contributed by atoms with van der Waals surface area (Å²) in [5, 5.41) is 3.13. The summed E-state index contributed by atoms with van der Waals surface area (Å²) in [7, 11) is 0. The summed E-state index contributed by atoms with van der Waals surface area (Å²) in [4.78, 5) is 15.7. The van der Waals surface area contributed by atoms with Crippen molar-refractivity contribution >= 4 is 23.3 Å². The molecular formula is C11H14ClN3O2. The normalized spacial score (nSPS) is 19.2. The SMILES string of the molecule is Nc1cc(C(=O)NCC2CCOC2)c(Cl)cn1. The molecule has 0 radical (unpaired) electrons.